The minimum absolute atomic E-state index is 0.138. The van der Waals surface area contributed by atoms with E-state index >= 15 is 0 Å². The van der Waals surface area contributed by atoms with Crippen molar-refractivity contribution in [2.45, 2.75) is 38.5 Å². The van der Waals surface area contributed by atoms with Crippen molar-refractivity contribution < 1.29 is 4.79 Å². The monoisotopic (exact) mass is 337 g/mol. The molecule has 1 saturated carbocycles. The van der Waals surface area contributed by atoms with Gasteiger partial charge in [-0.05, 0) is 42.9 Å². The first-order chi connectivity index (χ1) is 10.6. The molecule has 1 amide bonds. The largest absolute Gasteiger partial charge is 0.319 e. The van der Waals surface area contributed by atoms with Gasteiger partial charge in [0.25, 0.3) is 0 Å². The number of nitrogens with zero attached hydrogens (tertiary/aromatic N) is 1. The second kappa shape index (κ2) is 7.06. The van der Waals surface area contributed by atoms with Crippen molar-refractivity contribution in [1.29, 1.82) is 0 Å². The zero-order valence-electron chi connectivity index (χ0n) is 12.6. The lowest BCUT2D eigenvalue weighted by atomic mass is 9.89. The van der Waals surface area contributed by atoms with E-state index in [1.54, 1.807) is 0 Å². The van der Waals surface area contributed by atoms with Crippen molar-refractivity contribution in [3.8, 4) is 0 Å². The highest BCUT2D eigenvalue weighted by molar-refractivity contribution is 6.36. The summed E-state index contributed by atoms with van der Waals surface area (Å²) >= 11 is 12.4. The first-order valence-electron chi connectivity index (χ1n) is 8.07. The summed E-state index contributed by atoms with van der Waals surface area (Å²) in [6.45, 7) is 0.863. The molecule has 1 unspecified atom stereocenters. The fraction of sp³-hybridized carbons (Fsp3) is 0.500. The maximum atomic E-state index is 12.6. The number of amides is 1. The fourth-order valence-electron chi connectivity index (χ4n) is 3.48. The average Bonchev–Trinajstić information content (AvgIpc) is 2.85. The van der Waals surface area contributed by atoms with Gasteiger partial charge in [-0.1, -0.05) is 54.6 Å². The van der Waals surface area contributed by atoms with Crippen molar-refractivity contribution in [3.63, 3.8) is 0 Å². The number of hydrogen-bond donors (Lipinski definition) is 0. The Bertz CT molecular complexity index is 558. The Labute approximate surface area is 142 Å². The van der Waals surface area contributed by atoms with E-state index in [9.17, 15) is 4.79 Å². The van der Waals surface area contributed by atoms with Crippen LogP contribution in [0.4, 0.5) is 0 Å². The molecule has 3 rings (SSSR count). The summed E-state index contributed by atoms with van der Waals surface area (Å²) in [4.78, 5) is 14.5. The summed E-state index contributed by atoms with van der Waals surface area (Å²) in [6.07, 6.45) is 11.0. The SMILES string of the molecule is O=C1C(Cc2c(Cl)cccc2Cl)C=CN1CC1CCCCC1. The molecule has 0 spiro atoms. The number of benzene rings is 1. The van der Waals surface area contributed by atoms with Gasteiger partial charge in [-0.2, -0.15) is 0 Å². The summed E-state index contributed by atoms with van der Waals surface area (Å²) < 4.78 is 0. The van der Waals surface area contributed by atoms with E-state index in [1.807, 2.05) is 35.4 Å². The smallest absolute Gasteiger partial charge is 0.233 e. The van der Waals surface area contributed by atoms with E-state index in [1.165, 1.54) is 32.1 Å². The van der Waals surface area contributed by atoms with Gasteiger partial charge in [0.2, 0.25) is 5.91 Å². The molecule has 0 bridgehead atoms. The lowest BCUT2D eigenvalue weighted by Gasteiger charge is -2.26. The molecule has 1 aliphatic carbocycles. The molecule has 1 atom stereocenters. The van der Waals surface area contributed by atoms with E-state index < -0.39 is 0 Å². The first kappa shape index (κ1) is 15.9. The van der Waals surface area contributed by atoms with Crippen LogP contribution in [0.15, 0.2) is 30.5 Å². The van der Waals surface area contributed by atoms with Crippen LogP contribution in [0, 0.1) is 11.8 Å². The number of halogens is 2. The third-order valence-electron chi connectivity index (χ3n) is 4.76. The van der Waals surface area contributed by atoms with Crippen molar-refractivity contribution in [3.05, 3.63) is 46.1 Å². The molecule has 0 radical (unpaired) electrons. The summed E-state index contributed by atoms with van der Waals surface area (Å²) in [7, 11) is 0. The Morgan fingerprint density at radius 3 is 2.45 bits per heavy atom. The topological polar surface area (TPSA) is 20.3 Å². The summed E-state index contributed by atoms with van der Waals surface area (Å²) in [5.74, 6) is 0.701. The molecule has 1 aromatic rings. The molecular formula is C18H21Cl2NO. The van der Waals surface area contributed by atoms with E-state index in [0.29, 0.717) is 22.4 Å². The van der Waals surface area contributed by atoms with E-state index in [0.717, 1.165) is 12.1 Å². The van der Waals surface area contributed by atoms with Crippen LogP contribution in [0.2, 0.25) is 10.0 Å². The van der Waals surface area contributed by atoms with Gasteiger partial charge in [0.1, 0.15) is 0 Å². The number of rotatable bonds is 4. The lowest BCUT2D eigenvalue weighted by molar-refractivity contribution is -0.130. The van der Waals surface area contributed by atoms with Crippen LogP contribution in [-0.4, -0.2) is 17.4 Å². The molecule has 2 aliphatic rings. The van der Waals surface area contributed by atoms with Crippen molar-refractivity contribution in [2.75, 3.05) is 6.54 Å². The van der Waals surface area contributed by atoms with Crippen LogP contribution in [0.3, 0.4) is 0 Å². The van der Waals surface area contributed by atoms with Gasteiger partial charge in [0.15, 0.2) is 0 Å². The predicted octanol–water partition coefficient (Wildman–Crippen LogP) is 5.09. The summed E-state index contributed by atoms with van der Waals surface area (Å²) in [6, 6.07) is 5.48. The highest BCUT2D eigenvalue weighted by atomic mass is 35.5. The maximum Gasteiger partial charge on any atom is 0.233 e. The predicted molar refractivity (Wildman–Crippen MR) is 91.1 cm³/mol. The van der Waals surface area contributed by atoms with Crippen LogP contribution >= 0.6 is 23.2 Å². The fourth-order valence-corrected chi connectivity index (χ4v) is 4.03. The van der Waals surface area contributed by atoms with E-state index in [2.05, 4.69) is 0 Å². The number of carbonyl (C=O) groups is 1. The van der Waals surface area contributed by atoms with Crippen LogP contribution < -0.4 is 0 Å². The molecule has 2 nitrogen and oxygen atoms in total. The van der Waals surface area contributed by atoms with E-state index in [4.69, 9.17) is 23.2 Å². The Balaban J connectivity index is 1.63. The highest BCUT2D eigenvalue weighted by Gasteiger charge is 2.29. The standard InChI is InChI=1S/C18H21Cl2NO/c19-16-7-4-8-17(20)15(16)11-14-9-10-21(18(14)22)12-13-5-2-1-3-6-13/h4,7-10,13-14H,1-3,5-6,11-12H2. The van der Waals surface area contributed by atoms with Crippen molar-refractivity contribution in [1.82, 2.24) is 4.90 Å². The van der Waals surface area contributed by atoms with Gasteiger partial charge >= 0.3 is 0 Å². The first-order valence-corrected chi connectivity index (χ1v) is 8.82. The number of carbonyl (C=O) groups excluding carboxylic acids is 1. The van der Waals surface area contributed by atoms with Gasteiger partial charge in [-0.25, -0.2) is 0 Å². The van der Waals surface area contributed by atoms with Gasteiger partial charge in [0, 0.05) is 22.8 Å². The molecule has 1 heterocycles. The molecule has 22 heavy (non-hydrogen) atoms. The van der Waals surface area contributed by atoms with Crippen molar-refractivity contribution in [2.24, 2.45) is 11.8 Å². The quantitative estimate of drug-likeness (QED) is 0.749. The second-order valence-corrected chi connectivity index (χ2v) is 7.16. The Hall–Kier alpha value is -0.990. The third-order valence-corrected chi connectivity index (χ3v) is 5.47. The average molecular weight is 338 g/mol. The molecule has 4 heteroatoms. The van der Waals surface area contributed by atoms with Gasteiger partial charge < -0.3 is 4.90 Å². The van der Waals surface area contributed by atoms with Crippen molar-refractivity contribution >= 4 is 29.1 Å². The molecule has 0 saturated heterocycles. The lowest BCUT2D eigenvalue weighted by Crippen LogP contribution is -2.32. The Kier molecular flexibility index (Phi) is 5.10. The zero-order chi connectivity index (χ0) is 15.5. The molecule has 1 aliphatic heterocycles. The Morgan fingerprint density at radius 2 is 1.77 bits per heavy atom. The van der Waals surface area contributed by atoms with E-state index in [-0.39, 0.29) is 11.8 Å². The minimum atomic E-state index is -0.138. The van der Waals surface area contributed by atoms with Gasteiger partial charge in [-0.3, -0.25) is 4.79 Å². The second-order valence-electron chi connectivity index (χ2n) is 6.35. The summed E-state index contributed by atoms with van der Waals surface area (Å²) in [5, 5.41) is 1.28. The molecule has 0 aromatic heterocycles. The Morgan fingerprint density at radius 1 is 1.09 bits per heavy atom. The van der Waals surface area contributed by atoms with Gasteiger partial charge in [0.05, 0.1) is 5.92 Å². The highest BCUT2D eigenvalue weighted by Crippen LogP contribution is 2.31. The zero-order valence-corrected chi connectivity index (χ0v) is 14.1. The minimum Gasteiger partial charge on any atom is -0.319 e. The van der Waals surface area contributed by atoms with Crippen LogP contribution in [0.5, 0.6) is 0 Å². The molecule has 0 N–H and O–H groups in total. The molecule has 1 fully saturated rings. The number of hydrogen-bond acceptors (Lipinski definition) is 1. The summed E-state index contributed by atoms with van der Waals surface area (Å²) in [5.41, 5.74) is 0.869. The molecular weight excluding hydrogens is 317 g/mol. The van der Waals surface area contributed by atoms with Crippen LogP contribution in [0.25, 0.3) is 0 Å². The van der Waals surface area contributed by atoms with Crippen LogP contribution in [0.1, 0.15) is 37.7 Å². The maximum absolute atomic E-state index is 12.6. The molecule has 1 aromatic carbocycles. The normalized spacial score (nSPS) is 22.5. The molecule has 118 valence electrons. The van der Waals surface area contributed by atoms with Gasteiger partial charge in [-0.15, -0.1) is 0 Å². The van der Waals surface area contributed by atoms with Crippen LogP contribution in [-0.2, 0) is 11.2 Å². The third kappa shape index (κ3) is 3.49.